The molecule has 2 amide bonds. The molecular weight excluding hydrogens is 268 g/mol. The SMILES string of the molecule is CC(NC1CC(=O)N(c2ccccc2)C1=O)c1cn[nH]c1. The summed E-state index contributed by atoms with van der Waals surface area (Å²) in [6.07, 6.45) is 3.65. The monoisotopic (exact) mass is 284 g/mol. The number of benzene rings is 1. The van der Waals surface area contributed by atoms with Gasteiger partial charge < -0.3 is 0 Å². The van der Waals surface area contributed by atoms with Crippen molar-refractivity contribution < 1.29 is 9.59 Å². The first-order valence-corrected chi connectivity index (χ1v) is 6.83. The van der Waals surface area contributed by atoms with Crippen LogP contribution in [0.3, 0.4) is 0 Å². The Bertz CT molecular complexity index is 639. The molecule has 6 heteroatoms. The number of aromatic amines is 1. The number of anilines is 1. The van der Waals surface area contributed by atoms with E-state index in [4.69, 9.17) is 0 Å². The molecule has 1 aromatic heterocycles. The van der Waals surface area contributed by atoms with Crippen molar-refractivity contribution in [3.05, 3.63) is 48.3 Å². The van der Waals surface area contributed by atoms with E-state index in [1.54, 1.807) is 24.5 Å². The highest BCUT2D eigenvalue weighted by atomic mass is 16.2. The molecule has 3 rings (SSSR count). The van der Waals surface area contributed by atoms with E-state index in [1.807, 2.05) is 25.1 Å². The molecule has 1 aliphatic heterocycles. The van der Waals surface area contributed by atoms with Crippen molar-refractivity contribution in [3.8, 4) is 0 Å². The van der Waals surface area contributed by atoms with Crippen LogP contribution in [0.2, 0.25) is 0 Å². The van der Waals surface area contributed by atoms with Crippen molar-refractivity contribution >= 4 is 17.5 Å². The third kappa shape index (κ3) is 2.57. The molecule has 2 aromatic rings. The molecule has 1 aromatic carbocycles. The Hall–Kier alpha value is -2.47. The third-order valence-corrected chi connectivity index (χ3v) is 3.63. The fourth-order valence-electron chi connectivity index (χ4n) is 2.51. The van der Waals surface area contributed by atoms with Crippen molar-refractivity contribution in [3.63, 3.8) is 0 Å². The summed E-state index contributed by atoms with van der Waals surface area (Å²) in [6.45, 7) is 1.94. The van der Waals surface area contributed by atoms with E-state index < -0.39 is 6.04 Å². The molecule has 1 aliphatic rings. The zero-order valence-corrected chi connectivity index (χ0v) is 11.6. The molecule has 2 atom stereocenters. The average molecular weight is 284 g/mol. The van der Waals surface area contributed by atoms with Crippen LogP contribution in [0.5, 0.6) is 0 Å². The van der Waals surface area contributed by atoms with Crippen molar-refractivity contribution in [1.29, 1.82) is 0 Å². The van der Waals surface area contributed by atoms with Crippen LogP contribution in [0.1, 0.15) is 24.9 Å². The van der Waals surface area contributed by atoms with Gasteiger partial charge in [0, 0.05) is 17.8 Å². The maximum Gasteiger partial charge on any atom is 0.251 e. The van der Waals surface area contributed by atoms with Crippen LogP contribution in [0.15, 0.2) is 42.7 Å². The van der Waals surface area contributed by atoms with Gasteiger partial charge in [-0.1, -0.05) is 18.2 Å². The average Bonchev–Trinajstić information content (AvgIpc) is 3.09. The second kappa shape index (κ2) is 5.49. The molecule has 0 saturated carbocycles. The van der Waals surface area contributed by atoms with Crippen molar-refractivity contribution in [2.75, 3.05) is 4.90 Å². The summed E-state index contributed by atoms with van der Waals surface area (Å²) in [5, 5.41) is 9.81. The van der Waals surface area contributed by atoms with Crippen molar-refractivity contribution in [2.24, 2.45) is 0 Å². The van der Waals surface area contributed by atoms with Gasteiger partial charge in [-0.3, -0.25) is 20.0 Å². The summed E-state index contributed by atoms with van der Waals surface area (Å²) in [7, 11) is 0. The van der Waals surface area contributed by atoms with Gasteiger partial charge in [0.05, 0.1) is 24.3 Å². The number of nitrogens with zero attached hydrogens (tertiary/aromatic N) is 2. The molecule has 21 heavy (non-hydrogen) atoms. The molecule has 0 bridgehead atoms. The predicted molar refractivity (Wildman–Crippen MR) is 77.5 cm³/mol. The fraction of sp³-hybridized carbons (Fsp3) is 0.267. The van der Waals surface area contributed by atoms with Gasteiger partial charge in [-0.25, -0.2) is 4.90 Å². The third-order valence-electron chi connectivity index (χ3n) is 3.63. The Balaban J connectivity index is 1.75. The zero-order valence-electron chi connectivity index (χ0n) is 11.6. The minimum atomic E-state index is -0.498. The smallest absolute Gasteiger partial charge is 0.251 e. The van der Waals surface area contributed by atoms with Gasteiger partial charge in [0.2, 0.25) is 5.91 Å². The molecule has 0 aliphatic carbocycles. The lowest BCUT2D eigenvalue weighted by molar-refractivity contribution is -0.121. The van der Waals surface area contributed by atoms with Gasteiger partial charge in [0.15, 0.2) is 0 Å². The molecule has 1 saturated heterocycles. The lowest BCUT2D eigenvalue weighted by Gasteiger charge is -2.18. The molecule has 2 unspecified atom stereocenters. The molecular formula is C15H16N4O2. The van der Waals surface area contributed by atoms with E-state index in [2.05, 4.69) is 15.5 Å². The largest absolute Gasteiger partial charge is 0.299 e. The standard InChI is InChI=1S/C15H16N4O2/c1-10(11-8-16-17-9-11)18-13-7-14(20)19(15(13)21)12-5-3-2-4-6-12/h2-6,8-10,13,18H,7H2,1H3,(H,16,17). The van der Waals surface area contributed by atoms with Gasteiger partial charge >= 0.3 is 0 Å². The lowest BCUT2D eigenvalue weighted by atomic mass is 10.1. The van der Waals surface area contributed by atoms with E-state index in [0.717, 1.165) is 5.56 Å². The number of H-pyrrole nitrogens is 1. The van der Waals surface area contributed by atoms with Crippen LogP contribution < -0.4 is 10.2 Å². The van der Waals surface area contributed by atoms with Crippen LogP contribution in [-0.2, 0) is 9.59 Å². The highest BCUT2D eigenvalue weighted by Crippen LogP contribution is 2.24. The Morgan fingerprint density at radius 2 is 2.10 bits per heavy atom. The quantitative estimate of drug-likeness (QED) is 0.832. The second-order valence-corrected chi connectivity index (χ2v) is 5.08. The molecule has 108 valence electrons. The normalized spacial score (nSPS) is 20.0. The number of hydrogen-bond donors (Lipinski definition) is 2. The van der Waals surface area contributed by atoms with Crippen LogP contribution >= 0.6 is 0 Å². The predicted octanol–water partition coefficient (Wildman–Crippen LogP) is 1.39. The summed E-state index contributed by atoms with van der Waals surface area (Å²) < 4.78 is 0. The summed E-state index contributed by atoms with van der Waals surface area (Å²) in [5.41, 5.74) is 1.57. The first kappa shape index (κ1) is 13.5. The van der Waals surface area contributed by atoms with E-state index in [0.29, 0.717) is 5.69 Å². The number of carbonyl (C=O) groups is 2. The first-order chi connectivity index (χ1) is 10.2. The van der Waals surface area contributed by atoms with Gasteiger partial charge in [0.25, 0.3) is 5.91 Å². The van der Waals surface area contributed by atoms with E-state index in [9.17, 15) is 9.59 Å². The number of amides is 2. The maximum absolute atomic E-state index is 12.4. The van der Waals surface area contributed by atoms with E-state index in [1.165, 1.54) is 4.90 Å². The number of para-hydroxylation sites is 1. The molecule has 0 spiro atoms. The van der Waals surface area contributed by atoms with Crippen LogP contribution in [-0.4, -0.2) is 28.1 Å². The number of carbonyl (C=O) groups excluding carboxylic acids is 2. The zero-order chi connectivity index (χ0) is 14.8. The minimum Gasteiger partial charge on any atom is -0.299 e. The molecule has 2 N–H and O–H groups in total. The Kier molecular flexibility index (Phi) is 3.53. The van der Waals surface area contributed by atoms with Crippen LogP contribution in [0.4, 0.5) is 5.69 Å². The summed E-state index contributed by atoms with van der Waals surface area (Å²) in [4.78, 5) is 25.8. The van der Waals surface area contributed by atoms with Crippen molar-refractivity contribution in [2.45, 2.75) is 25.4 Å². The van der Waals surface area contributed by atoms with Crippen LogP contribution in [0, 0.1) is 0 Å². The molecule has 6 nitrogen and oxygen atoms in total. The highest BCUT2D eigenvalue weighted by molar-refractivity contribution is 6.22. The van der Waals surface area contributed by atoms with E-state index in [-0.39, 0.29) is 24.3 Å². The van der Waals surface area contributed by atoms with E-state index >= 15 is 0 Å². The van der Waals surface area contributed by atoms with Crippen LogP contribution in [0.25, 0.3) is 0 Å². The van der Waals surface area contributed by atoms with Gasteiger partial charge in [-0.15, -0.1) is 0 Å². The minimum absolute atomic E-state index is 0.0544. The highest BCUT2D eigenvalue weighted by Gasteiger charge is 2.39. The second-order valence-electron chi connectivity index (χ2n) is 5.08. The number of nitrogens with one attached hydrogen (secondary N) is 2. The number of hydrogen-bond acceptors (Lipinski definition) is 4. The topological polar surface area (TPSA) is 78.1 Å². The fourth-order valence-corrected chi connectivity index (χ4v) is 2.51. The summed E-state index contributed by atoms with van der Waals surface area (Å²) in [5.74, 6) is -0.385. The Morgan fingerprint density at radius 1 is 1.33 bits per heavy atom. The molecule has 0 radical (unpaired) electrons. The van der Waals surface area contributed by atoms with Gasteiger partial charge in [0.1, 0.15) is 0 Å². The Labute approximate surface area is 122 Å². The maximum atomic E-state index is 12.4. The Morgan fingerprint density at radius 3 is 2.76 bits per heavy atom. The molecule has 1 fully saturated rings. The van der Waals surface area contributed by atoms with Gasteiger partial charge in [-0.2, -0.15) is 5.10 Å². The lowest BCUT2D eigenvalue weighted by Crippen LogP contribution is -2.39. The summed E-state index contributed by atoms with van der Waals surface area (Å²) in [6, 6.07) is 8.44. The van der Waals surface area contributed by atoms with Crippen molar-refractivity contribution in [1.82, 2.24) is 15.5 Å². The number of rotatable bonds is 4. The number of imide groups is 1. The first-order valence-electron chi connectivity index (χ1n) is 6.83. The summed E-state index contributed by atoms with van der Waals surface area (Å²) >= 11 is 0. The molecule has 2 heterocycles. The van der Waals surface area contributed by atoms with Gasteiger partial charge in [-0.05, 0) is 19.1 Å². The number of aromatic nitrogens is 2.